The normalized spacial score (nSPS) is 10.3. The lowest BCUT2D eigenvalue weighted by Crippen LogP contribution is -2.07. The zero-order valence-electron chi connectivity index (χ0n) is 8.86. The van der Waals surface area contributed by atoms with E-state index >= 15 is 0 Å². The van der Waals surface area contributed by atoms with Gasteiger partial charge in [0.2, 0.25) is 0 Å². The van der Waals surface area contributed by atoms with Gasteiger partial charge in [0.15, 0.2) is 0 Å². The van der Waals surface area contributed by atoms with Crippen molar-refractivity contribution in [3.8, 4) is 0 Å². The van der Waals surface area contributed by atoms with Crippen LogP contribution in [-0.4, -0.2) is 18.1 Å². The van der Waals surface area contributed by atoms with E-state index < -0.39 is 0 Å². The molecule has 0 saturated carbocycles. The van der Waals surface area contributed by atoms with E-state index in [-0.39, 0.29) is 5.97 Å². The summed E-state index contributed by atoms with van der Waals surface area (Å²) < 4.78 is 4.45. The molecule has 15 heavy (non-hydrogen) atoms. The molecule has 4 heteroatoms. The Kier molecular flexibility index (Phi) is 4.34. The second-order valence-corrected chi connectivity index (χ2v) is 3.04. The van der Waals surface area contributed by atoms with Gasteiger partial charge in [0.25, 0.3) is 0 Å². The van der Waals surface area contributed by atoms with Crippen molar-refractivity contribution in [1.82, 2.24) is 10.3 Å². The lowest BCUT2D eigenvalue weighted by atomic mass is 10.2. The summed E-state index contributed by atoms with van der Waals surface area (Å²) in [6.45, 7) is 2.66. The summed E-state index contributed by atoms with van der Waals surface area (Å²) in [6.07, 6.45) is 6.46. The zero-order valence-corrected chi connectivity index (χ0v) is 8.86. The summed E-state index contributed by atoms with van der Waals surface area (Å²) in [6, 6.07) is 1.95. The van der Waals surface area contributed by atoms with Gasteiger partial charge >= 0.3 is 5.97 Å². The number of carbonyl (C=O) groups is 1. The van der Waals surface area contributed by atoms with Crippen molar-refractivity contribution in [2.24, 2.45) is 0 Å². The van der Waals surface area contributed by atoms with Gasteiger partial charge < -0.3 is 10.1 Å². The number of rotatable bonds is 4. The highest BCUT2D eigenvalue weighted by Gasteiger charge is 1.95. The van der Waals surface area contributed by atoms with Gasteiger partial charge in [-0.25, -0.2) is 4.79 Å². The molecule has 0 unspecified atom stereocenters. The van der Waals surface area contributed by atoms with Crippen molar-refractivity contribution in [3.63, 3.8) is 0 Å². The number of carbonyl (C=O) groups excluding carboxylic acids is 1. The summed E-state index contributed by atoms with van der Waals surface area (Å²) >= 11 is 0. The van der Waals surface area contributed by atoms with Crippen LogP contribution in [0.15, 0.2) is 30.7 Å². The van der Waals surface area contributed by atoms with Crippen molar-refractivity contribution in [2.45, 2.75) is 13.5 Å². The molecular weight excluding hydrogens is 192 g/mol. The van der Waals surface area contributed by atoms with Gasteiger partial charge in [-0.1, -0.05) is 0 Å². The van der Waals surface area contributed by atoms with Crippen molar-refractivity contribution >= 4 is 5.97 Å². The lowest BCUT2D eigenvalue weighted by Gasteiger charge is -2.03. The van der Waals surface area contributed by atoms with E-state index in [1.165, 1.54) is 18.7 Å². The molecule has 0 radical (unpaired) electrons. The van der Waals surface area contributed by atoms with E-state index in [2.05, 4.69) is 15.0 Å². The molecule has 0 atom stereocenters. The molecule has 0 aliphatic rings. The molecule has 0 aliphatic heterocycles. The van der Waals surface area contributed by atoms with Gasteiger partial charge in [-0.15, -0.1) is 0 Å². The fourth-order valence-electron chi connectivity index (χ4n) is 1.05. The van der Waals surface area contributed by atoms with E-state index in [0.29, 0.717) is 6.54 Å². The van der Waals surface area contributed by atoms with Crippen LogP contribution < -0.4 is 5.32 Å². The Labute approximate surface area is 89.0 Å². The molecule has 0 aliphatic carbocycles. The molecule has 0 bridgehead atoms. The molecule has 1 rings (SSSR count). The maximum atomic E-state index is 10.7. The maximum Gasteiger partial charge on any atom is 0.331 e. The monoisotopic (exact) mass is 206 g/mol. The largest absolute Gasteiger partial charge is 0.466 e. The smallest absolute Gasteiger partial charge is 0.331 e. The molecule has 0 fully saturated rings. The third-order valence-corrected chi connectivity index (χ3v) is 1.98. The average Bonchev–Trinajstić information content (AvgIpc) is 2.26. The van der Waals surface area contributed by atoms with Gasteiger partial charge in [0.1, 0.15) is 0 Å². The molecule has 4 nitrogen and oxygen atoms in total. The summed E-state index contributed by atoms with van der Waals surface area (Å²) in [5.41, 5.74) is 2.27. The maximum absolute atomic E-state index is 10.7. The Bertz CT molecular complexity index is 361. The Morgan fingerprint density at radius 3 is 3.13 bits per heavy atom. The molecule has 1 aromatic heterocycles. The summed E-state index contributed by atoms with van der Waals surface area (Å²) in [7, 11) is 1.35. The molecular formula is C11H14N2O2. The van der Waals surface area contributed by atoms with Crippen molar-refractivity contribution < 1.29 is 9.53 Å². The molecule has 1 heterocycles. The summed E-state index contributed by atoms with van der Waals surface area (Å²) in [5, 5.41) is 2.99. The van der Waals surface area contributed by atoms with Gasteiger partial charge in [-0.2, -0.15) is 0 Å². The molecule has 80 valence electrons. The fraction of sp³-hybridized carbons (Fsp3) is 0.273. The topological polar surface area (TPSA) is 51.2 Å². The zero-order chi connectivity index (χ0) is 11.1. The number of pyridine rings is 1. The predicted octanol–water partition coefficient (Wildman–Crippen LogP) is 1.17. The first kappa shape index (κ1) is 11.2. The van der Waals surface area contributed by atoms with E-state index in [1.807, 2.05) is 13.0 Å². The number of ether oxygens (including phenoxy) is 1. The first-order valence-corrected chi connectivity index (χ1v) is 4.61. The SMILES string of the molecule is COC(=O)/C=C/NCc1cnccc1C. The number of hydrogen-bond donors (Lipinski definition) is 1. The fourth-order valence-corrected chi connectivity index (χ4v) is 1.05. The number of methoxy groups -OCH3 is 1. The first-order valence-electron chi connectivity index (χ1n) is 4.61. The molecule has 0 spiro atoms. The number of nitrogens with zero attached hydrogens (tertiary/aromatic N) is 1. The molecule has 0 saturated heterocycles. The highest BCUT2D eigenvalue weighted by Crippen LogP contribution is 2.03. The minimum atomic E-state index is -0.370. The summed E-state index contributed by atoms with van der Waals surface area (Å²) in [5.74, 6) is -0.370. The number of hydrogen-bond acceptors (Lipinski definition) is 4. The standard InChI is InChI=1S/C11H14N2O2/c1-9-3-5-12-7-10(9)8-13-6-4-11(14)15-2/h3-7,13H,8H2,1-2H3/b6-4+. The van der Waals surface area contributed by atoms with Gasteiger partial charge in [0.05, 0.1) is 7.11 Å². The van der Waals surface area contributed by atoms with Crippen molar-refractivity contribution in [1.29, 1.82) is 0 Å². The van der Waals surface area contributed by atoms with Crippen LogP contribution in [0.1, 0.15) is 11.1 Å². The lowest BCUT2D eigenvalue weighted by molar-refractivity contribution is -0.134. The Morgan fingerprint density at radius 1 is 1.67 bits per heavy atom. The number of aromatic nitrogens is 1. The van der Waals surface area contributed by atoms with Crippen LogP contribution in [0.5, 0.6) is 0 Å². The Morgan fingerprint density at radius 2 is 2.47 bits per heavy atom. The average molecular weight is 206 g/mol. The molecule has 1 N–H and O–H groups in total. The number of esters is 1. The first-order chi connectivity index (χ1) is 7.24. The van der Waals surface area contributed by atoms with Crippen LogP contribution in [-0.2, 0) is 16.1 Å². The quantitative estimate of drug-likeness (QED) is 0.593. The minimum Gasteiger partial charge on any atom is -0.466 e. The second kappa shape index (κ2) is 5.80. The third kappa shape index (κ3) is 3.81. The van der Waals surface area contributed by atoms with Gasteiger partial charge in [-0.3, -0.25) is 4.98 Å². The van der Waals surface area contributed by atoms with Crippen molar-refractivity contribution in [2.75, 3.05) is 7.11 Å². The Balaban J connectivity index is 2.41. The van der Waals surface area contributed by atoms with E-state index in [9.17, 15) is 4.79 Å². The van der Waals surface area contributed by atoms with Crippen LogP contribution in [0, 0.1) is 6.92 Å². The molecule has 0 aromatic carbocycles. The minimum absolute atomic E-state index is 0.370. The van der Waals surface area contributed by atoms with Gasteiger partial charge in [-0.05, 0) is 24.1 Å². The highest BCUT2D eigenvalue weighted by molar-refractivity contribution is 5.81. The van der Waals surface area contributed by atoms with Crippen LogP contribution in [0.2, 0.25) is 0 Å². The Hall–Kier alpha value is -1.84. The van der Waals surface area contributed by atoms with Gasteiger partial charge in [0, 0.05) is 31.2 Å². The van der Waals surface area contributed by atoms with Crippen LogP contribution in [0.3, 0.4) is 0 Å². The summed E-state index contributed by atoms with van der Waals surface area (Å²) in [4.78, 5) is 14.7. The van der Waals surface area contributed by atoms with E-state index in [4.69, 9.17) is 0 Å². The number of nitrogens with one attached hydrogen (secondary N) is 1. The highest BCUT2D eigenvalue weighted by atomic mass is 16.5. The van der Waals surface area contributed by atoms with E-state index in [1.54, 1.807) is 18.6 Å². The number of aryl methyl sites for hydroxylation is 1. The predicted molar refractivity (Wildman–Crippen MR) is 57.0 cm³/mol. The van der Waals surface area contributed by atoms with Crippen LogP contribution in [0.4, 0.5) is 0 Å². The molecule has 0 amide bonds. The molecule has 1 aromatic rings. The van der Waals surface area contributed by atoms with Crippen LogP contribution in [0.25, 0.3) is 0 Å². The second-order valence-electron chi connectivity index (χ2n) is 3.04. The van der Waals surface area contributed by atoms with Crippen molar-refractivity contribution in [3.05, 3.63) is 41.9 Å². The van der Waals surface area contributed by atoms with Crippen LogP contribution >= 0.6 is 0 Å². The third-order valence-electron chi connectivity index (χ3n) is 1.98. The van der Waals surface area contributed by atoms with E-state index in [0.717, 1.165) is 5.56 Å².